The van der Waals surface area contributed by atoms with E-state index in [1.807, 2.05) is 6.07 Å². The van der Waals surface area contributed by atoms with Gasteiger partial charge >= 0.3 is 0 Å². The minimum absolute atomic E-state index is 0.926. The van der Waals surface area contributed by atoms with Gasteiger partial charge in [-0.15, -0.1) is 5.10 Å². The molecule has 0 aliphatic carbocycles. The molecule has 0 N–H and O–H groups in total. The molecule has 0 aliphatic heterocycles. The van der Waals surface area contributed by atoms with Crippen molar-refractivity contribution in [1.82, 2.24) is 15.0 Å². The molecule has 0 saturated heterocycles. The SMILES string of the molecule is CCCCCCCCn1nnc(-c2ccccc2)c1-c1ccccc1C. The lowest BCUT2D eigenvalue weighted by atomic mass is 10.0. The minimum Gasteiger partial charge on any atom is -0.244 e. The predicted molar refractivity (Wildman–Crippen MR) is 109 cm³/mol. The monoisotopic (exact) mass is 347 g/mol. The summed E-state index contributed by atoms with van der Waals surface area (Å²) in [7, 11) is 0. The van der Waals surface area contributed by atoms with Crippen LogP contribution in [0.25, 0.3) is 22.5 Å². The van der Waals surface area contributed by atoms with Crippen molar-refractivity contribution in [3.8, 4) is 22.5 Å². The maximum absolute atomic E-state index is 4.55. The second-order valence-corrected chi connectivity index (χ2v) is 6.96. The summed E-state index contributed by atoms with van der Waals surface area (Å²) in [6.45, 7) is 5.34. The summed E-state index contributed by atoms with van der Waals surface area (Å²) in [4.78, 5) is 0. The third kappa shape index (κ3) is 4.40. The van der Waals surface area contributed by atoms with Gasteiger partial charge in [-0.05, 0) is 18.9 Å². The quantitative estimate of drug-likeness (QED) is 0.426. The van der Waals surface area contributed by atoms with Crippen LogP contribution in [0.2, 0.25) is 0 Å². The van der Waals surface area contributed by atoms with Crippen molar-refractivity contribution in [3.05, 3.63) is 60.2 Å². The average Bonchev–Trinajstić information content (AvgIpc) is 3.09. The summed E-state index contributed by atoms with van der Waals surface area (Å²) in [5, 5.41) is 9.06. The van der Waals surface area contributed by atoms with E-state index in [4.69, 9.17) is 0 Å². The Morgan fingerprint density at radius 2 is 1.50 bits per heavy atom. The number of aromatic nitrogens is 3. The maximum Gasteiger partial charge on any atom is 0.121 e. The molecule has 0 atom stereocenters. The number of benzene rings is 2. The highest BCUT2D eigenvalue weighted by Gasteiger charge is 2.17. The van der Waals surface area contributed by atoms with E-state index >= 15 is 0 Å². The molecule has 0 bridgehead atoms. The maximum atomic E-state index is 4.55. The van der Waals surface area contributed by atoms with Crippen molar-refractivity contribution in [2.75, 3.05) is 0 Å². The summed E-state index contributed by atoms with van der Waals surface area (Å²) in [6.07, 6.45) is 7.70. The standard InChI is InChI=1S/C23H29N3/c1-3-4-5-6-7-13-18-26-23(21-17-12-11-14-19(21)2)22(24-25-26)20-15-9-8-10-16-20/h8-12,14-17H,3-7,13,18H2,1-2H3. The van der Waals surface area contributed by atoms with Gasteiger partial charge in [-0.3, -0.25) is 0 Å². The Labute approximate surface area is 157 Å². The topological polar surface area (TPSA) is 30.7 Å². The van der Waals surface area contributed by atoms with E-state index in [2.05, 4.69) is 77.4 Å². The summed E-state index contributed by atoms with van der Waals surface area (Å²) in [6, 6.07) is 18.9. The summed E-state index contributed by atoms with van der Waals surface area (Å²) in [5.41, 5.74) is 5.73. The fourth-order valence-corrected chi connectivity index (χ4v) is 3.41. The molecule has 0 saturated carbocycles. The van der Waals surface area contributed by atoms with Gasteiger partial charge in [-0.1, -0.05) is 98.8 Å². The molecule has 3 aromatic rings. The average molecular weight is 348 g/mol. The highest BCUT2D eigenvalue weighted by Crippen LogP contribution is 2.32. The lowest BCUT2D eigenvalue weighted by molar-refractivity contribution is 0.519. The van der Waals surface area contributed by atoms with Crippen LogP contribution in [-0.4, -0.2) is 15.0 Å². The largest absolute Gasteiger partial charge is 0.244 e. The van der Waals surface area contributed by atoms with Crippen LogP contribution >= 0.6 is 0 Å². The van der Waals surface area contributed by atoms with Crippen LogP contribution in [-0.2, 0) is 6.54 Å². The first-order valence-corrected chi connectivity index (χ1v) is 9.86. The predicted octanol–water partition coefficient (Wildman–Crippen LogP) is 6.28. The molecule has 0 spiro atoms. The second kappa shape index (κ2) is 9.33. The Hall–Kier alpha value is -2.42. The lowest BCUT2D eigenvalue weighted by Crippen LogP contribution is -2.04. The molecule has 0 amide bonds. The summed E-state index contributed by atoms with van der Waals surface area (Å²) >= 11 is 0. The zero-order valence-corrected chi connectivity index (χ0v) is 16.0. The van der Waals surface area contributed by atoms with Crippen molar-refractivity contribution in [2.45, 2.75) is 58.9 Å². The van der Waals surface area contributed by atoms with Gasteiger partial charge in [-0.2, -0.15) is 0 Å². The highest BCUT2D eigenvalue weighted by molar-refractivity contribution is 5.79. The van der Waals surface area contributed by atoms with Gasteiger partial charge in [0.2, 0.25) is 0 Å². The number of hydrogen-bond acceptors (Lipinski definition) is 2. The smallest absolute Gasteiger partial charge is 0.121 e. The molecule has 2 aromatic carbocycles. The fourth-order valence-electron chi connectivity index (χ4n) is 3.41. The van der Waals surface area contributed by atoms with Crippen LogP contribution in [0.15, 0.2) is 54.6 Å². The number of aryl methyl sites for hydroxylation is 2. The third-order valence-corrected chi connectivity index (χ3v) is 4.91. The molecule has 1 aromatic heterocycles. The number of nitrogens with zero attached hydrogens (tertiary/aromatic N) is 3. The van der Waals surface area contributed by atoms with Crippen molar-refractivity contribution < 1.29 is 0 Å². The van der Waals surface area contributed by atoms with E-state index in [0.717, 1.165) is 29.9 Å². The van der Waals surface area contributed by atoms with Gasteiger partial charge in [0, 0.05) is 17.7 Å². The first-order chi connectivity index (χ1) is 12.8. The Balaban J connectivity index is 1.86. The van der Waals surface area contributed by atoms with Crippen LogP contribution < -0.4 is 0 Å². The van der Waals surface area contributed by atoms with E-state index in [-0.39, 0.29) is 0 Å². The van der Waals surface area contributed by atoms with Crippen molar-refractivity contribution in [3.63, 3.8) is 0 Å². The molecular formula is C23H29N3. The van der Waals surface area contributed by atoms with Gasteiger partial charge in [0.15, 0.2) is 0 Å². The Morgan fingerprint density at radius 3 is 2.27 bits per heavy atom. The van der Waals surface area contributed by atoms with Crippen LogP contribution in [0.4, 0.5) is 0 Å². The van der Waals surface area contributed by atoms with Crippen LogP contribution in [0.1, 0.15) is 51.0 Å². The zero-order valence-electron chi connectivity index (χ0n) is 16.0. The van der Waals surface area contributed by atoms with Crippen LogP contribution in [0.5, 0.6) is 0 Å². The van der Waals surface area contributed by atoms with Crippen molar-refractivity contribution >= 4 is 0 Å². The number of rotatable bonds is 9. The summed E-state index contributed by atoms with van der Waals surface area (Å²) < 4.78 is 2.10. The van der Waals surface area contributed by atoms with Gasteiger partial charge in [0.05, 0.1) is 5.69 Å². The van der Waals surface area contributed by atoms with Crippen LogP contribution in [0.3, 0.4) is 0 Å². The molecule has 0 radical (unpaired) electrons. The fraction of sp³-hybridized carbons (Fsp3) is 0.391. The van der Waals surface area contributed by atoms with E-state index in [0.29, 0.717) is 0 Å². The second-order valence-electron chi connectivity index (χ2n) is 6.96. The van der Waals surface area contributed by atoms with Crippen LogP contribution in [0, 0.1) is 6.92 Å². The van der Waals surface area contributed by atoms with E-state index in [9.17, 15) is 0 Å². The zero-order chi connectivity index (χ0) is 18.2. The third-order valence-electron chi connectivity index (χ3n) is 4.91. The number of unbranched alkanes of at least 4 members (excludes halogenated alkanes) is 5. The van der Waals surface area contributed by atoms with E-state index in [1.165, 1.54) is 43.2 Å². The molecular weight excluding hydrogens is 318 g/mol. The first kappa shape index (κ1) is 18.4. The van der Waals surface area contributed by atoms with Gasteiger partial charge in [0.25, 0.3) is 0 Å². The molecule has 3 rings (SSSR count). The van der Waals surface area contributed by atoms with E-state index < -0.39 is 0 Å². The molecule has 0 fully saturated rings. The van der Waals surface area contributed by atoms with Gasteiger partial charge in [-0.25, -0.2) is 4.68 Å². The van der Waals surface area contributed by atoms with Gasteiger partial charge < -0.3 is 0 Å². The number of hydrogen-bond donors (Lipinski definition) is 0. The lowest BCUT2D eigenvalue weighted by Gasteiger charge is -2.11. The first-order valence-electron chi connectivity index (χ1n) is 9.86. The normalized spacial score (nSPS) is 11.0. The molecule has 26 heavy (non-hydrogen) atoms. The molecule has 1 heterocycles. The molecule has 3 nitrogen and oxygen atoms in total. The Morgan fingerprint density at radius 1 is 0.808 bits per heavy atom. The van der Waals surface area contributed by atoms with Crippen molar-refractivity contribution in [2.24, 2.45) is 0 Å². The molecule has 3 heteroatoms. The molecule has 0 aliphatic rings. The Bertz CT molecular complexity index is 805. The Kier molecular flexibility index (Phi) is 6.59. The minimum atomic E-state index is 0.926. The van der Waals surface area contributed by atoms with E-state index in [1.54, 1.807) is 0 Å². The van der Waals surface area contributed by atoms with Crippen molar-refractivity contribution in [1.29, 1.82) is 0 Å². The molecule has 136 valence electrons. The highest BCUT2D eigenvalue weighted by atomic mass is 15.4. The molecule has 0 unspecified atom stereocenters. The summed E-state index contributed by atoms with van der Waals surface area (Å²) in [5.74, 6) is 0. The van der Waals surface area contributed by atoms with Gasteiger partial charge in [0.1, 0.15) is 5.69 Å².